The molecular formula is C9H6ClNO5. The average molecular weight is 244 g/mol. The minimum absolute atomic E-state index is 0.135. The predicted molar refractivity (Wildman–Crippen MR) is 54.8 cm³/mol. The van der Waals surface area contributed by atoms with E-state index in [-0.39, 0.29) is 16.9 Å². The molecule has 7 heteroatoms. The summed E-state index contributed by atoms with van der Waals surface area (Å²) in [5, 5.41) is 10.6. The molecule has 0 radical (unpaired) electrons. The fourth-order valence-electron chi connectivity index (χ4n) is 1.17. The van der Waals surface area contributed by atoms with Gasteiger partial charge in [-0.25, -0.2) is 4.79 Å². The summed E-state index contributed by atoms with van der Waals surface area (Å²) in [6, 6.07) is 2.39. The summed E-state index contributed by atoms with van der Waals surface area (Å²) in [5.74, 6) is -0.958. The molecule has 0 aliphatic carbocycles. The van der Waals surface area contributed by atoms with Crippen LogP contribution in [0.2, 0.25) is 5.02 Å². The molecule has 0 N–H and O–H groups in total. The number of esters is 1. The molecule has 0 saturated carbocycles. The van der Waals surface area contributed by atoms with E-state index >= 15 is 0 Å². The van der Waals surface area contributed by atoms with E-state index in [1.807, 2.05) is 0 Å². The second-order valence-electron chi connectivity index (χ2n) is 2.73. The van der Waals surface area contributed by atoms with E-state index in [1.165, 1.54) is 12.1 Å². The number of nitrogens with zero attached hydrogens (tertiary/aromatic N) is 1. The zero-order chi connectivity index (χ0) is 12.3. The number of carbonyl (C=O) groups is 2. The van der Waals surface area contributed by atoms with Crippen molar-refractivity contribution in [3.63, 3.8) is 0 Å². The molecule has 0 aliphatic rings. The summed E-state index contributed by atoms with van der Waals surface area (Å²) in [6.45, 7) is 0. The van der Waals surface area contributed by atoms with Crippen LogP contribution in [0.4, 0.5) is 5.69 Å². The monoisotopic (exact) mass is 243 g/mol. The zero-order valence-corrected chi connectivity index (χ0v) is 8.85. The first-order valence-corrected chi connectivity index (χ1v) is 4.41. The molecule has 1 aromatic carbocycles. The predicted octanol–water partition coefficient (Wildman–Crippen LogP) is 1.85. The molecule has 1 aromatic rings. The lowest BCUT2D eigenvalue weighted by Crippen LogP contribution is -2.08. The van der Waals surface area contributed by atoms with Crippen LogP contribution in [0.5, 0.6) is 0 Å². The number of hydrogen-bond donors (Lipinski definition) is 0. The lowest BCUT2D eigenvalue weighted by molar-refractivity contribution is -0.385. The number of hydrogen-bond acceptors (Lipinski definition) is 5. The molecule has 0 bridgehead atoms. The molecule has 0 spiro atoms. The van der Waals surface area contributed by atoms with E-state index in [4.69, 9.17) is 11.6 Å². The molecule has 6 nitrogen and oxygen atoms in total. The first-order chi connectivity index (χ1) is 7.52. The van der Waals surface area contributed by atoms with Gasteiger partial charge in [0.25, 0.3) is 5.69 Å². The van der Waals surface area contributed by atoms with Crippen LogP contribution in [0.3, 0.4) is 0 Å². The summed E-state index contributed by atoms with van der Waals surface area (Å²) >= 11 is 5.65. The third-order valence-electron chi connectivity index (χ3n) is 1.86. The number of benzene rings is 1. The second kappa shape index (κ2) is 4.71. The Hall–Kier alpha value is -1.95. The lowest BCUT2D eigenvalue weighted by Gasteiger charge is -2.04. The van der Waals surface area contributed by atoms with Crippen molar-refractivity contribution in [2.24, 2.45) is 0 Å². The zero-order valence-electron chi connectivity index (χ0n) is 8.10. The maximum atomic E-state index is 11.3. The Labute approximate surface area is 94.9 Å². The van der Waals surface area contributed by atoms with E-state index in [9.17, 15) is 19.7 Å². The molecular weight excluding hydrogens is 238 g/mol. The number of ether oxygens (including phenoxy) is 1. The number of methoxy groups -OCH3 is 1. The van der Waals surface area contributed by atoms with Crippen molar-refractivity contribution in [3.8, 4) is 0 Å². The van der Waals surface area contributed by atoms with Crippen LogP contribution < -0.4 is 0 Å². The Morgan fingerprint density at radius 1 is 1.56 bits per heavy atom. The van der Waals surface area contributed by atoms with Gasteiger partial charge in [-0.1, -0.05) is 11.6 Å². The summed E-state index contributed by atoms with van der Waals surface area (Å²) in [6.07, 6.45) is 0.279. The Kier molecular flexibility index (Phi) is 3.57. The number of aldehydes is 1. The van der Waals surface area contributed by atoms with Gasteiger partial charge in [-0.05, 0) is 12.1 Å². The first kappa shape index (κ1) is 12.1. The van der Waals surface area contributed by atoms with Gasteiger partial charge in [0, 0.05) is 0 Å². The maximum Gasteiger partial charge on any atom is 0.346 e. The van der Waals surface area contributed by atoms with Crippen LogP contribution >= 0.6 is 11.6 Å². The van der Waals surface area contributed by atoms with Crippen LogP contribution in [0.1, 0.15) is 20.7 Å². The minimum Gasteiger partial charge on any atom is -0.465 e. The van der Waals surface area contributed by atoms with Crippen molar-refractivity contribution in [1.82, 2.24) is 0 Å². The van der Waals surface area contributed by atoms with E-state index in [0.717, 1.165) is 7.11 Å². The highest BCUT2D eigenvalue weighted by molar-refractivity contribution is 6.34. The highest BCUT2D eigenvalue weighted by Crippen LogP contribution is 2.29. The van der Waals surface area contributed by atoms with E-state index in [1.54, 1.807) is 0 Å². The van der Waals surface area contributed by atoms with Crippen molar-refractivity contribution < 1.29 is 19.2 Å². The molecule has 0 amide bonds. The Bertz CT molecular complexity index is 471. The minimum atomic E-state index is -0.958. The van der Waals surface area contributed by atoms with E-state index in [0.29, 0.717) is 0 Å². The van der Waals surface area contributed by atoms with Crippen LogP contribution in [0.25, 0.3) is 0 Å². The van der Waals surface area contributed by atoms with Crippen molar-refractivity contribution in [3.05, 3.63) is 38.4 Å². The molecule has 0 saturated heterocycles. The molecule has 16 heavy (non-hydrogen) atoms. The van der Waals surface area contributed by atoms with Crippen LogP contribution in [0, 0.1) is 10.1 Å². The molecule has 0 aliphatic heterocycles. The Morgan fingerprint density at radius 2 is 2.19 bits per heavy atom. The lowest BCUT2D eigenvalue weighted by atomic mass is 10.1. The highest BCUT2D eigenvalue weighted by atomic mass is 35.5. The third-order valence-corrected chi connectivity index (χ3v) is 2.17. The fourth-order valence-corrected chi connectivity index (χ4v) is 1.40. The number of halogens is 1. The van der Waals surface area contributed by atoms with Crippen molar-refractivity contribution in [2.75, 3.05) is 7.11 Å². The smallest absolute Gasteiger partial charge is 0.346 e. The fraction of sp³-hybridized carbons (Fsp3) is 0.111. The SMILES string of the molecule is COC(=O)c1c(Cl)ccc(C=O)c1[N+](=O)[O-]. The summed E-state index contributed by atoms with van der Waals surface area (Å²) < 4.78 is 4.36. The third kappa shape index (κ3) is 2.01. The molecule has 0 atom stereocenters. The molecule has 1 rings (SSSR count). The van der Waals surface area contributed by atoms with E-state index < -0.39 is 22.1 Å². The molecule has 0 aromatic heterocycles. The Morgan fingerprint density at radius 3 is 2.62 bits per heavy atom. The van der Waals surface area contributed by atoms with Gasteiger partial charge >= 0.3 is 5.97 Å². The number of carbonyl (C=O) groups excluding carboxylic acids is 2. The van der Waals surface area contributed by atoms with E-state index in [2.05, 4.69) is 4.74 Å². The Balaban J connectivity index is 3.60. The molecule has 0 fully saturated rings. The van der Waals surface area contributed by atoms with Gasteiger partial charge < -0.3 is 4.74 Å². The molecule has 0 unspecified atom stereocenters. The van der Waals surface area contributed by atoms with Crippen molar-refractivity contribution in [2.45, 2.75) is 0 Å². The largest absolute Gasteiger partial charge is 0.465 e. The highest BCUT2D eigenvalue weighted by Gasteiger charge is 2.28. The molecule has 0 heterocycles. The van der Waals surface area contributed by atoms with Crippen LogP contribution in [-0.2, 0) is 4.74 Å². The normalized spacial score (nSPS) is 9.62. The summed E-state index contributed by atoms with van der Waals surface area (Å²) in [4.78, 5) is 31.8. The number of nitro groups is 1. The topological polar surface area (TPSA) is 86.5 Å². The second-order valence-corrected chi connectivity index (χ2v) is 3.13. The van der Waals surface area contributed by atoms with Gasteiger partial charge in [-0.2, -0.15) is 0 Å². The van der Waals surface area contributed by atoms with Crippen LogP contribution in [0.15, 0.2) is 12.1 Å². The van der Waals surface area contributed by atoms with Crippen molar-refractivity contribution >= 4 is 29.5 Å². The van der Waals surface area contributed by atoms with Gasteiger partial charge in [0.2, 0.25) is 0 Å². The van der Waals surface area contributed by atoms with Gasteiger partial charge in [0.05, 0.1) is 22.6 Å². The quantitative estimate of drug-likeness (QED) is 0.350. The van der Waals surface area contributed by atoms with Gasteiger partial charge in [0.15, 0.2) is 11.8 Å². The van der Waals surface area contributed by atoms with Crippen LogP contribution in [-0.4, -0.2) is 24.3 Å². The van der Waals surface area contributed by atoms with Gasteiger partial charge in [-0.3, -0.25) is 14.9 Å². The van der Waals surface area contributed by atoms with Crippen molar-refractivity contribution in [1.29, 1.82) is 0 Å². The maximum absolute atomic E-state index is 11.3. The standard InChI is InChI=1S/C9H6ClNO5/c1-16-9(13)7-6(10)3-2-5(4-12)8(7)11(14)15/h2-4H,1H3. The number of nitro benzene ring substituents is 1. The summed E-state index contributed by atoms with van der Waals surface area (Å²) in [5.41, 5.74) is -1.29. The average Bonchev–Trinajstić information content (AvgIpc) is 2.27. The molecule has 84 valence electrons. The van der Waals surface area contributed by atoms with Gasteiger partial charge in [0.1, 0.15) is 0 Å². The van der Waals surface area contributed by atoms with Gasteiger partial charge in [-0.15, -0.1) is 0 Å². The summed E-state index contributed by atoms with van der Waals surface area (Å²) in [7, 11) is 1.07. The first-order valence-electron chi connectivity index (χ1n) is 4.03. The number of rotatable bonds is 3.